The predicted octanol–water partition coefficient (Wildman–Crippen LogP) is 0.611. The molecule has 1 aromatic carbocycles. The Labute approximate surface area is 227 Å². The number of nitrogen functional groups attached to an aromatic ring is 1. The number of aryl methyl sites for hydroxylation is 1. The van der Waals surface area contributed by atoms with Gasteiger partial charge in [0.2, 0.25) is 11.9 Å². The van der Waals surface area contributed by atoms with E-state index in [2.05, 4.69) is 19.9 Å². The molecular weight excluding hydrogens is 546 g/mol. The molecule has 0 aliphatic carbocycles. The molecule has 15 nitrogen and oxygen atoms in total. The Morgan fingerprint density at radius 2 is 2.02 bits per heavy atom. The molecule has 212 valence electrons. The van der Waals surface area contributed by atoms with E-state index in [1.807, 2.05) is 29.0 Å². The fraction of sp³-hybridized carbons (Fsp3) is 0.417. The second-order valence-corrected chi connectivity index (χ2v) is 11.4. The Hall–Kier alpha value is -3.83. The lowest BCUT2D eigenvalue weighted by atomic mass is 10.1. The number of benzene rings is 1. The first-order chi connectivity index (χ1) is 19.0. The number of para-hydroxylation sites is 1. The van der Waals surface area contributed by atoms with Crippen LogP contribution in [0.25, 0.3) is 22.1 Å². The monoisotopic (exact) mass is 573 g/mol. The van der Waals surface area contributed by atoms with Crippen LogP contribution < -0.4 is 16.0 Å². The normalized spacial score (nSPS) is 24.1. The largest absolute Gasteiger partial charge is 0.369 e. The minimum absolute atomic E-state index is 0.0464. The SMILES string of the molecule is CC1(C)OC2C(O1)[C@@H](COS(=O)(=O)NC(=O)CCc1c[nH]c3ccccc13)O[C@H]2n1cnc2c(=O)[nH]c(N)nc21. The molecule has 2 aliphatic rings. The summed E-state index contributed by atoms with van der Waals surface area (Å²) in [4.78, 5) is 38.4. The van der Waals surface area contributed by atoms with Crippen LogP contribution in [0.3, 0.4) is 0 Å². The van der Waals surface area contributed by atoms with E-state index in [1.54, 1.807) is 20.0 Å². The average Bonchev–Trinajstić information content (AvgIpc) is 3.63. The smallest absolute Gasteiger partial charge is 0.362 e. The van der Waals surface area contributed by atoms with Crippen molar-refractivity contribution in [2.24, 2.45) is 0 Å². The van der Waals surface area contributed by atoms with Crippen LogP contribution in [0.2, 0.25) is 0 Å². The van der Waals surface area contributed by atoms with E-state index in [0.29, 0.717) is 6.42 Å². The van der Waals surface area contributed by atoms with Crippen molar-refractivity contribution < 1.29 is 31.6 Å². The van der Waals surface area contributed by atoms with E-state index in [9.17, 15) is 18.0 Å². The van der Waals surface area contributed by atoms with Crippen molar-refractivity contribution >= 4 is 44.2 Å². The van der Waals surface area contributed by atoms with Crippen molar-refractivity contribution in [2.75, 3.05) is 12.3 Å². The first-order valence-corrected chi connectivity index (χ1v) is 13.9. The van der Waals surface area contributed by atoms with Crippen LogP contribution in [0.5, 0.6) is 0 Å². The van der Waals surface area contributed by atoms with E-state index < -0.39 is 58.7 Å². The molecule has 5 heterocycles. The number of nitrogens with zero attached hydrogens (tertiary/aromatic N) is 3. The Kier molecular flexibility index (Phi) is 6.38. The number of ether oxygens (including phenoxy) is 3. The van der Waals surface area contributed by atoms with Gasteiger partial charge in [-0.2, -0.15) is 13.4 Å². The lowest BCUT2D eigenvalue weighted by molar-refractivity contribution is -0.198. The van der Waals surface area contributed by atoms with Gasteiger partial charge in [-0.15, -0.1) is 0 Å². The minimum Gasteiger partial charge on any atom is -0.369 e. The summed E-state index contributed by atoms with van der Waals surface area (Å²) in [5.41, 5.74) is 7.22. The Balaban J connectivity index is 1.13. The van der Waals surface area contributed by atoms with Gasteiger partial charge in [-0.05, 0) is 31.9 Å². The molecule has 2 unspecified atom stereocenters. The van der Waals surface area contributed by atoms with Gasteiger partial charge in [0.1, 0.15) is 18.3 Å². The number of hydrogen-bond acceptors (Lipinski definition) is 11. The van der Waals surface area contributed by atoms with Crippen molar-refractivity contribution in [3.8, 4) is 0 Å². The van der Waals surface area contributed by atoms with Crippen LogP contribution in [0.15, 0.2) is 41.6 Å². The van der Waals surface area contributed by atoms with Gasteiger partial charge in [0.25, 0.3) is 5.56 Å². The lowest BCUT2D eigenvalue weighted by Crippen LogP contribution is -2.37. The molecule has 2 fully saturated rings. The summed E-state index contributed by atoms with van der Waals surface area (Å²) < 4.78 is 51.8. The van der Waals surface area contributed by atoms with Gasteiger partial charge in [-0.25, -0.2) is 9.71 Å². The third-order valence-electron chi connectivity index (χ3n) is 6.77. The Morgan fingerprint density at radius 3 is 2.85 bits per heavy atom. The van der Waals surface area contributed by atoms with Crippen molar-refractivity contribution in [3.63, 3.8) is 0 Å². The fourth-order valence-corrected chi connectivity index (χ4v) is 5.86. The third-order valence-corrected chi connectivity index (χ3v) is 7.70. The predicted molar refractivity (Wildman–Crippen MR) is 140 cm³/mol. The van der Waals surface area contributed by atoms with Gasteiger partial charge in [0.05, 0.1) is 12.9 Å². The number of fused-ring (bicyclic) bond motifs is 3. The summed E-state index contributed by atoms with van der Waals surface area (Å²) in [5, 5.41) is 0.965. The van der Waals surface area contributed by atoms with E-state index in [-0.39, 0.29) is 23.5 Å². The van der Waals surface area contributed by atoms with Crippen molar-refractivity contribution in [2.45, 2.75) is 57.0 Å². The number of carbonyl (C=O) groups excluding carboxylic acids is 1. The molecule has 0 spiro atoms. The summed E-state index contributed by atoms with van der Waals surface area (Å²) in [6, 6.07) is 7.62. The highest BCUT2D eigenvalue weighted by molar-refractivity contribution is 7.85. The van der Waals surface area contributed by atoms with Crippen LogP contribution in [0.1, 0.15) is 32.1 Å². The van der Waals surface area contributed by atoms with Gasteiger partial charge in [0, 0.05) is 23.5 Å². The summed E-state index contributed by atoms with van der Waals surface area (Å²) in [6.07, 6.45) is 0.188. The van der Waals surface area contributed by atoms with E-state index in [1.165, 1.54) is 10.9 Å². The molecule has 3 aromatic heterocycles. The number of carbonyl (C=O) groups is 1. The lowest BCUT2D eigenvalue weighted by Gasteiger charge is -2.24. The van der Waals surface area contributed by atoms with Gasteiger partial charge >= 0.3 is 10.3 Å². The van der Waals surface area contributed by atoms with Crippen LogP contribution >= 0.6 is 0 Å². The van der Waals surface area contributed by atoms with Gasteiger partial charge in [-0.1, -0.05) is 18.2 Å². The van der Waals surface area contributed by atoms with Crippen molar-refractivity contribution in [1.82, 2.24) is 29.2 Å². The number of nitrogens with two attached hydrogens (primary N) is 1. The summed E-state index contributed by atoms with van der Waals surface area (Å²) in [7, 11) is -4.45. The van der Waals surface area contributed by atoms with Crippen LogP contribution in [0, 0.1) is 0 Å². The zero-order valence-corrected chi connectivity index (χ0v) is 22.3. The highest BCUT2D eigenvalue weighted by Gasteiger charge is 2.56. The Bertz CT molecular complexity index is 1760. The maximum absolute atomic E-state index is 12.6. The topological polar surface area (TPSA) is 206 Å². The third kappa shape index (κ3) is 4.95. The number of aromatic nitrogens is 5. The first-order valence-electron chi connectivity index (χ1n) is 12.5. The second kappa shape index (κ2) is 9.67. The maximum Gasteiger partial charge on any atom is 0.362 e. The summed E-state index contributed by atoms with van der Waals surface area (Å²) in [5.74, 6) is -1.83. The molecule has 2 aliphatic heterocycles. The number of hydrogen-bond donors (Lipinski definition) is 4. The van der Waals surface area contributed by atoms with Gasteiger partial charge in [0.15, 0.2) is 23.2 Å². The summed E-state index contributed by atoms with van der Waals surface area (Å²) in [6.45, 7) is 2.95. The van der Waals surface area contributed by atoms with Crippen LogP contribution in [0.4, 0.5) is 5.95 Å². The second-order valence-electron chi connectivity index (χ2n) is 10.0. The van der Waals surface area contributed by atoms with E-state index >= 15 is 0 Å². The zero-order chi connectivity index (χ0) is 28.2. The minimum atomic E-state index is -4.45. The molecule has 16 heteroatoms. The highest BCUT2D eigenvalue weighted by atomic mass is 32.2. The molecule has 6 rings (SSSR count). The number of rotatable bonds is 8. The molecule has 4 aromatic rings. The maximum atomic E-state index is 12.6. The molecule has 4 atom stereocenters. The number of imidazole rings is 1. The number of nitrogens with one attached hydrogen (secondary N) is 3. The molecule has 0 saturated carbocycles. The molecule has 5 N–H and O–H groups in total. The quantitative estimate of drug-likeness (QED) is 0.230. The van der Waals surface area contributed by atoms with Gasteiger partial charge < -0.3 is 24.9 Å². The number of H-pyrrole nitrogens is 2. The van der Waals surface area contributed by atoms with Crippen molar-refractivity contribution in [3.05, 3.63) is 52.7 Å². The Morgan fingerprint density at radius 1 is 1.25 bits per heavy atom. The number of amides is 1. The molecule has 1 amide bonds. The molecule has 0 bridgehead atoms. The fourth-order valence-electron chi connectivity index (χ4n) is 5.11. The molecule has 2 saturated heterocycles. The molecule has 0 radical (unpaired) electrons. The number of anilines is 1. The zero-order valence-electron chi connectivity index (χ0n) is 21.5. The van der Waals surface area contributed by atoms with Crippen LogP contribution in [-0.2, 0) is 39.9 Å². The molecule has 40 heavy (non-hydrogen) atoms. The summed E-state index contributed by atoms with van der Waals surface area (Å²) >= 11 is 0. The number of aromatic amines is 2. The average molecular weight is 574 g/mol. The van der Waals surface area contributed by atoms with Crippen molar-refractivity contribution in [1.29, 1.82) is 0 Å². The standard InChI is InChI=1S/C24H27N7O8S/c1-24(2)38-18-15(37-22(19(18)39-24)31-11-27-17-20(31)28-23(25)29-21(17)33)10-36-40(34,35)30-16(32)8-7-12-9-26-14-6-4-3-5-13(12)14/h3-6,9,11,15,18-19,22,26H,7-8,10H2,1-2H3,(H,30,32)(H3,25,28,29,33)/t15-,18?,19?,22-/m1/s1. The van der Waals surface area contributed by atoms with Crippen LogP contribution in [-0.4, -0.2) is 69.5 Å². The van der Waals surface area contributed by atoms with E-state index in [0.717, 1.165) is 16.5 Å². The van der Waals surface area contributed by atoms with Gasteiger partial charge in [-0.3, -0.25) is 23.3 Å². The molecular formula is C24H27N7O8S. The first kappa shape index (κ1) is 26.4. The van der Waals surface area contributed by atoms with E-state index in [4.69, 9.17) is 24.1 Å². The highest BCUT2D eigenvalue weighted by Crippen LogP contribution is 2.43.